The fourth-order valence-corrected chi connectivity index (χ4v) is 1.58. The topological polar surface area (TPSA) is 41.1 Å². The molecule has 3 nitrogen and oxygen atoms in total. The largest absolute Gasteiger partial charge is 0.352 e. The molecule has 0 spiro atoms. The van der Waals surface area contributed by atoms with Gasteiger partial charge in [-0.1, -0.05) is 20.8 Å². The molecule has 0 bridgehead atoms. The summed E-state index contributed by atoms with van der Waals surface area (Å²) in [6.45, 7) is 13.1. The molecule has 16 heavy (non-hydrogen) atoms. The molecule has 2 N–H and O–H groups in total. The first-order chi connectivity index (χ1) is 7.29. The maximum atomic E-state index is 11.9. The molecule has 3 heteroatoms. The molecule has 0 rings (SSSR count). The van der Waals surface area contributed by atoms with Gasteiger partial charge in [0.05, 0.1) is 5.54 Å². The van der Waals surface area contributed by atoms with Crippen molar-refractivity contribution in [2.45, 2.75) is 66.0 Å². The van der Waals surface area contributed by atoms with E-state index in [9.17, 15) is 4.79 Å². The van der Waals surface area contributed by atoms with Crippen LogP contribution >= 0.6 is 0 Å². The van der Waals surface area contributed by atoms with Gasteiger partial charge in [-0.25, -0.2) is 0 Å². The highest BCUT2D eigenvalue weighted by molar-refractivity contribution is 5.85. The number of hydrogen-bond donors (Lipinski definition) is 2. The minimum atomic E-state index is -0.471. The van der Waals surface area contributed by atoms with Crippen molar-refractivity contribution in [1.29, 1.82) is 0 Å². The van der Waals surface area contributed by atoms with Gasteiger partial charge in [-0.05, 0) is 46.1 Å². The van der Waals surface area contributed by atoms with Crippen LogP contribution < -0.4 is 10.6 Å². The molecule has 96 valence electrons. The molecule has 1 unspecified atom stereocenters. The van der Waals surface area contributed by atoms with E-state index < -0.39 is 5.54 Å². The van der Waals surface area contributed by atoms with Gasteiger partial charge in [0.25, 0.3) is 0 Å². The maximum absolute atomic E-state index is 11.9. The third-order valence-corrected chi connectivity index (χ3v) is 2.74. The number of carbonyl (C=O) groups excluding carboxylic acids is 1. The fourth-order valence-electron chi connectivity index (χ4n) is 1.58. The Morgan fingerprint density at radius 1 is 1.19 bits per heavy atom. The summed E-state index contributed by atoms with van der Waals surface area (Å²) in [5, 5.41) is 6.24. The van der Waals surface area contributed by atoms with Crippen LogP contribution in [0.2, 0.25) is 0 Å². The number of rotatable bonds is 7. The van der Waals surface area contributed by atoms with Crippen LogP contribution in [0.5, 0.6) is 0 Å². The number of likely N-dealkylation sites (N-methyl/N-ethyl adjacent to an activating group) is 1. The van der Waals surface area contributed by atoms with Gasteiger partial charge < -0.3 is 10.6 Å². The second-order valence-corrected chi connectivity index (χ2v) is 5.50. The van der Waals surface area contributed by atoms with Crippen molar-refractivity contribution in [2.24, 2.45) is 5.92 Å². The zero-order valence-corrected chi connectivity index (χ0v) is 11.7. The molecule has 0 heterocycles. The van der Waals surface area contributed by atoms with Crippen molar-refractivity contribution in [3.63, 3.8) is 0 Å². The lowest BCUT2D eigenvalue weighted by atomic mass is 10.0. The van der Waals surface area contributed by atoms with Crippen LogP contribution in [0, 0.1) is 5.92 Å². The van der Waals surface area contributed by atoms with Gasteiger partial charge in [-0.3, -0.25) is 4.79 Å². The molecule has 0 aliphatic heterocycles. The molecule has 0 aromatic heterocycles. The molecule has 0 radical (unpaired) electrons. The van der Waals surface area contributed by atoms with Gasteiger partial charge in [-0.15, -0.1) is 0 Å². The van der Waals surface area contributed by atoms with E-state index >= 15 is 0 Å². The van der Waals surface area contributed by atoms with Crippen LogP contribution in [-0.4, -0.2) is 24.0 Å². The first-order valence-corrected chi connectivity index (χ1v) is 6.35. The maximum Gasteiger partial charge on any atom is 0.239 e. The van der Waals surface area contributed by atoms with Gasteiger partial charge >= 0.3 is 0 Å². The van der Waals surface area contributed by atoms with E-state index in [1.54, 1.807) is 0 Å². The highest BCUT2D eigenvalue weighted by Crippen LogP contribution is 2.08. The Balaban J connectivity index is 4.03. The van der Waals surface area contributed by atoms with E-state index in [1.807, 2.05) is 20.8 Å². The molecule has 0 fully saturated rings. The number of hydrogen-bond acceptors (Lipinski definition) is 2. The number of nitrogens with one attached hydrogen (secondary N) is 2. The molecule has 0 aliphatic rings. The predicted molar refractivity (Wildman–Crippen MR) is 69.4 cm³/mol. The van der Waals surface area contributed by atoms with Crippen LogP contribution in [0.1, 0.15) is 54.4 Å². The lowest BCUT2D eigenvalue weighted by Crippen LogP contribution is -2.54. The van der Waals surface area contributed by atoms with Crippen LogP contribution in [0.3, 0.4) is 0 Å². The highest BCUT2D eigenvalue weighted by Gasteiger charge is 2.26. The summed E-state index contributed by atoms with van der Waals surface area (Å²) in [6.07, 6.45) is 2.20. The lowest BCUT2D eigenvalue weighted by Gasteiger charge is -2.27. The van der Waals surface area contributed by atoms with Crippen molar-refractivity contribution >= 4 is 5.91 Å². The first-order valence-electron chi connectivity index (χ1n) is 6.35. The predicted octanol–water partition coefficient (Wildman–Crippen LogP) is 2.32. The zero-order chi connectivity index (χ0) is 12.8. The van der Waals surface area contributed by atoms with Crippen LogP contribution in [0.15, 0.2) is 0 Å². The Labute approximate surface area is 100 Å². The molecule has 0 aromatic carbocycles. The standard InChI is InChI=1S/C13H28N2O/c1-7-14-13(5,6)12(16)15-11(4)9-8-10(2)3/h10-11,14H,7-9H2,1-6H3,(H,15,16). The third kappa shape index (κ3) is 6.11. The van der Waals surface area contributed by atoms with E-state index in [0.717, 1.165) is 19.4 Å². The Morgan fingerprint density at radius 3 is 2.19 bits per heavy atom. The van der Waals surface area contributed by atoms with Gasteiger partial charge in [0.1, 0.15) is 0 Å². The zero-order valence-electron chi connectivity index (χ0n) is 11.7. The Hall–Kier alpha value is -0.570. The van der Waals surface area contributed by atoms with Crippen LogP contribution in [0.25, 0.3) is 0 Å². The molecule has 0 saturated heterocycles. The molecule has 0 saturated carbocycles. The Kier molecular flexibility index (Phi) is 6.65. The smallest absolute Gasteiger partial charge is 0.239 e. The van der Waals surface area contributed by atoms with E-state index in [1.165, 1.54) is 0 Å². The molecule has 0 aliphatic carbocycles. The van der Waals surface area contributed by atoms with Crippen LogP contribution in [0.4, 0.5) is 0 Å². The average molecular weight is 228 g/mol. The van der Waals surface area contributed by atoms with E-state index in [-0.39, 0.29) is 11.9 Å². The minimum Gasteiger partial charge on any atom is -0.352 e. The summed E-state index contributed by atoms with van der Waals surface area (Å²) < 4.78 is 0. The van der Waals surface area contributed by atoms with Crippen molar-refractivity contribution in [1.82, 2.24) is 10.6 Å². The SMILES string of the molecule is CCNC(C)(C)C(=O)NC(C)CCC(C)C. The molecule has 0 aromatic rings. The van der Waals surface area contributed by atoms with Gasteiger partial charge in [-0.2, -0.15) is 0 Å². The summed E-state index contributed by atoms with van der Waals surface area (Å²) >= 11 is 0. The van der Waals surface area contributed by atoms with Gasteiger partial charge in [0.2, 0.25) is 5.91 Å². The van der Waals surface area contributed by atoms with Crippen molar-refractivity contribution in [2.75, 3.05) is 6.54 Å². The highest BCUT2D eigenvalue weighted by atomic mass is 16.2. The third-order valence-electron chi connectivity index (χ3n) is 2.74. The summed E-state index contributed by atoms with van der Waals surface area (Å²) in [5.41, 5.74) is -0.471. The van der Waals surface area contributed by atoms with E-state index in [2.05, 4.69) is 31.4 Å². The molecule has 1 atom stereocenters. The second-order valence-electron chi connectivity index (χ2n) is 5.50. The lowest BCUT2D eigenvalue weighted by molar-refractivity contribution is -0.127. The van der Waals surface area contributed by atoms with Crippen molar-refractivity contribution < 1.29 is 4.79 Å². The number of carbonyl (C=O) groups is 1. The van der Waals surface area contributed by atoms with Crippen LogP contribution in [-0.2, 0) is 4.79 Å². The summed E-state index contributed by atoms with van der Waals surface area (Å²) in [5.74, 6) is 0.784. The van der Waals surface area contributed by atoms with Crippen molar-refractivity contribution in [3.8, 4) is 0 Å². The Morgan fingerprint density at radius 2 is 1.75 bits per heavy atom. The second kappa shape index (κ2) is 6.89. The fraction of sp³-hybridized carbons (Fsp3) is 0.923. The van der Waals surface area contributed by atoms with E-state index in [4.69, 9.17) is 0 Å². The summed E-state index contributed by atoms with van der Waals surface area (Å²) in [7, 11) is 0. The number of amides is 1. The minimum absolute atomic E-state index is 0.0885. The summed E-state index contributed by atoms with van der Waals surface area (Å²) in [4.78, 5) is 11.9. The normalized spacial score (nSPS) is 13.9. The Bertz CT molecular complexity index is 212. The van der Waals surface area contributed by atoms with Gasteiger partial charge in [0.15, 0.2) is 0 Å². The molecular formula is C13H28N2O. The average Bonchev–Trinajstić information content (AvgIpc) is 2.14. The quantitative estimate of drug-likeness (QED) is 0.702. The van der Waals surface area contributed by atoms with Crippen molar-refractivity contribution in [3.05, 3.63) is 0 Å². The first kappa shape index (κ1) is 15.4. The van der Waals surface area contributed by atoms with Gasteiger partial charge in [0, 0.05) is 6.04 Å². The summed E-state index contributed by atoms with van der Waals surface area (Å²) in [6, 6.07) is 0.257. The molecular weight excluding hydrogens is 200 g/mol. The molecule has 1 amide bonds. The van der Waals surface area contributed by atoms with E-state index in [0.29, 0.717) is 5.92 Å². The monoisotopic (exact) mass is 228 g/mol.